The molecule has 320 valence electrons. The molecule has 6 aromatic carbocycles. The summed E-state index contributed by atoms with van der Waals surface area (Å²) in [5.41, 5.74) is 9.18. The molecule has 0 radical (unpaired) electrons. The lowest BCUT2D eigenvalue weighted by molar-refractivity contribution is 0.420. The van der Waals surface area contributed by atoms with E-state index in [0.717, 1.165) is 23.0 Å². The van der Waals surface area contributed by atoms with E-state index in [1.54, 1.807) is 0 Å². The fourth-order valence-corrected chi connectivity index (χ4v) is 14.7. The minimum absolute atomic E-state index is 0.104. The van der Waals surface area contributed by atoms with Crippen molar-refractivity contribution >= 4 is 47.7 Å². The van der Waals surface area contributed by atoms with Crippen LogP contribution >= 0.6 is 15.8 Å². The van der Waals surface area contributed by atoms with Gasteiger partial charge in [0.05, 0.1) is 0 Å². The third-order valence-corrected chi connectivity index (χ3v) is 18.7. The summed E-state index contributed by atoms with van der Waals surface area (Å²) in [5.74, 6) is 4.03. The molecule has 3 aliphatic rings. The Morgan fingerprint density at radius 2 is 0.565 bits per heavy atom. The van der Waals surface area contributed by atoms with Crippen molar-refractivity contribution in [3.63, 3.8) is 0 Å². The maximum atomic E-state index is 7.89. The van der Waals surface area contributed by atoms with Gasteiger partial charge in [-0.1, -0.05) is 196 Å². The van der Waals surface area contributed by atoms with Crippen LogP contribution in [0.15, 0.2) is 109 Å². The van der Waals surface area contributed by atoms with Crippen molar-refractivity contribution < 1.29 is 9.47 Å². The monoisotopic (exact) mass is 856 g/mol. The summed E-state index contributed by atoms with van der Waals surface area (Å²) >= 11 is 0. The summed E-state index contributed by atoms with van der Waals surface area (Å²) in [7, 11) is -2.41. The highest BCUT2D eigenvalue weighted by Crippen LogP contribution is 2.59. The van der Waals surface area contributed by atoms with E-state index in [1.165, 1.54) is 76.3 Å². The highest BCUT2D eigenvalue weighted by atomic mass is 31.1. The predicted octanol–water partition coefficient (Wildman–Crippen LogP) is 13.6. The maximum absolute atomic E-state index is 7.89. The van der Waals surface area contributed by atoms with Gasteiger partial charge in [-0.3, -0.25) is 0 Å². The first-order chi connectivity index (χ1) is 28.8. The van der Waals surface area contributed by atoms with Gasteiger partial charge in [-0.2, -0.15) is 0 Å². The molecule has 0 saturated carbocycles. The Balaban J connectivity index is 1.56. The summed E-state index contributed by atoms with van der Waals surface area (Å²) in [6.07, 6.45) is 0. The van der Waals surface area contributed by atoms with E-state index >= 15 is 0 Å². The fourth-order valence-electron chi connectivity index (χ4n) is 9.60. The van der Waals surface area contributed by atoms with E-state index in [-0.39, 0.29) is 32.5 Å². The molecule has 3 aliphatic heterocycles. The standard InChI is InChI=1S/C58H66O2P2/c1-53(2,3)35-27-41-49-45(31-35)61(39-23-19-17-20-24-39)46-32-37(55(7,8)9)29-43-51(46)60-52-44(58(43,15)16)30-38(56(10,11)12)34-48(52)62(40-25-21-18-22-26-40)47-33-36(54(4,5)6)28-42(50(47)59-49)57(41,13)14/h17-34H,1-16H3. The van der Waals surface area contributed by atoms with Crippen molar-refractivity contribution in [1.82, 2.24) is 0 Å². The van der Waals surface area contributed by atoms with Gasteiger partial charge in [-0.25, -0.2) is 0 Å². The third kappa shape index (κ3) is 6.90. The van der Waals surface area contributed by atoms with E-state index in [2.05, 4.69) is 220 Å². The van der Waals surface area contributed by atoms with Crippen LogP contribution < -0.4 is 41.3 Å². The molecule has 0 N–H and O–H groups in total. The molecular weight excluding hydrogens is 791 g/mol. The zero-order valence-electron chi connectivity index (χ0n) is 40.1. The Kier molecular flexibility index (Phi) is 9.82. The van der Waals surface area contributed by atoms with Crippen molar-refractivity contribution in [2.75, 3.05) is 0 Å². The number of ether oxygens (including phenoxy) is 2. The fraction of sp³-hybridized carbons (Fsp3) is 0.379. The van der Waals surface area contributed by atoms with Crippen LogP contribution in [-0.4, -0.2) is 0 Å². The summed E-state index contributed by atoms with van der Waals surface area (Å²) in [6, 6.07) is 42.4. The smallest absolute Gasteiger partial charge is 0.139 e. The molecule has 0 unspecified atom stereocenters. The summed E-state index contributed by atoms with van der Waals surface area (Å²) in [6.45, 7) is 38.0. The maximum Gasteiger partial charge on any atom is 0.139 e. The van der Waals surface area contributed by atoms with Crippen LogP contribution in [-0.2, 0) is 32.5 Å². The molecule has 0 aliphatic carbocycles. The van der Waals surface area contributed by atoms with Crippen molar-refractivity contribution in [1.29, 1.82) is 0 Å². The summed E-state index contributed by atoms with van der Waals surface area (Å²) in [4.78, 5) is 0. The van der Waals surface area contributed by atoms with Crippen LogP contribution in [0.2, 0.25) is 0 Å². The highest BCUT2D eigenvalue weighted by Gasteiger charge is 2.46. The molecule has 0 amide bonds. The van der Waals surface area contributed by atoms with Crippen LogP contribution in [0.25, 0.3) is 0 Å². The molecule has 0 aromatic heterocycles. The normalized spacial score (nSPS) is 18.5. The molecule has 4 heteroatoms. The molecule has 6 aromatic rings. The van der Waals surface area contributed by atoms with Crippen molar-refractivity contribution in [2.24, 2.45) is 0 Å². The van der Waals surface area contributed by atoms with Gasteiger partial charge in [0, 0.05) is 54.3 Å². The van der Waals surface area contributed by atoms with E-state index in [0.29, 0.717) is 0 Å². The molecule has 3 heterocycles. The van der Waals surface area contributed by atoms with Gasteiger partial charge >= 0.3 is 0 Å². The molecule has 4 bridgehead atoms. The number of hydrogen-bond donors (Lipinski definition) is 0. The van der Waals surface area contributed by atoms with Gasteiger partial charge in [-0.05, 0) is 94.6 Å². The van der Waals surface area contributed by atoms with Gasteiger partial charge in [0.2, 0.25) is 0 Å². The first-order valence-electron chi connectivity index (χ1n) is 22.6. The second-order valence-corrected chi connectivity index (χ2v) is 27.6. The van der Waals surface area contributed by atoms with E-state index in [1.807, 2.05) is 0 Å². The minimum atomic E-state index is -1.20. The van der Waals surface area contributed by atoms with Crippen molar-refractivity contribution in [3.8, 4) is 23.0 Å². The van der Waals surface area contributed by atoms with E-state index in [9.17, 15) is 0 Å². The zero-order valence-corrected chi connectivity index (χ0v) is 41.9. The average Bonchev–Trinajstić information content (AvgIpc) is 3.17. The van der Waals surface area contributed by atoms with Crippen LogP contribution in [0, 0.1) is 0 Å². The summed E-state index contributed by atoms with van der Waals surface area (Å²) in [5, 5.41) is 7.61. The molecule has 2 nitrogen and oxygen atoms in total. The lowest BCUT2D eigenvalue weighted by Gasteiger charge is -2.43. The lowest BCUT2D eigenvalue weighted by Crippen LogP contribution is -2.38. The highest BCUT2D eigenvalue weighted by molar-refractivity contribution is 7.80. The SMILES string of the molecule is CC(C)(C)c1cc2c3c(c1)C(C)(C)c1cc(C(C)(C)C)cc(c1O3)P(c1ccccc1)c1cc(C(C)(C)C)cc3c1Oc1c(cc(C(C)(C)C)cc1C3(C)C)P2c1ccccc1. The number of rotatable bonds is 2. The minimum Gasteiger partial charge on any atom is -0.455 e. The largest absolute Gasteiger partial charge is 0.455 e. The van der Waals surface area contributed by atoms with E-state index < -0.39 is 15.8 Å². The van der Waals surface area contributed by atoms with Crippen molar-refractivity contribution in [3.05, 3.63) is 154 Å². The van der Waals surface area contributed by atoms with Gasteiger partial charge < -0.3 is 9.47 Å². The number of hydrogen-bond acceptors (Lipinski definition) is 2. The molecule has 0 saturated heterocycles. The first-order valence-corrected chi connectivity index (χ1v) is 25.3. The van der Waals surface area contributed by atoms with Crippen LogP contribution in [0.5, 0.6) is 23.0 Å². The summed E-state index contributed by atoms with van der Waals surface area (Å²) < 4.78 is 15.8. The molecule has 0 spiro atoms. The van der Waals surface area contributed by atoms with Crippen LogP contribution in [0.3, 0.4) is 0 Å². The second-order valence-electron chi connectivity index (χ2n) is 23.3. The molecular formula is C58H66O2P2. The second kappa shape index (κ2) is 14.1. The number of benzene rings is 6. The first kappa shape index (κ1) is 43.1. The van der Waals surface area contributed by atoms with E-state index in [4.69, 9.17) is 9.47 Å². The van der Waals surface area contributed by atoms with Gasteiger partial charge in [0.15, 0.2) is 0 Å². The van der Waals surface area contributed by atoms with Gasteiger partial charge in [-0.15, -0.1) is 0 Å². The predicted molar refractivity (Wildman–Crippen MR) is 269 cm³/mol. The molecule has 62 heavy (non-hydrogen) atoms. The van der Waals surface area contributed by atoms with Gasteiger partial charge in [0.25, 0.3) is 0 Å². The van der Waals surface area contributed by atoms with Crippen LogP contribution in [0.1, 0.15) is 155 Å². The molecule has 9 rings (SSSR count). The van der Waals surface area contributed by atoms with Crippen molar-refractivity contribution in [2.45, 2.75) is 143 Å². The zero-order chi connectivity index (χ0) is 44.7. The Hall–Kier alpha value is -4.22. The molecule has 0 fully saturated rings. The Morgan fingerprint density at radius 3 is 0.774 bits per heavy atom. The lowest BCUT2D eigenvalue weighted by atomic mass is 9.72. The quantitative estimate of drug-likeness (QED) is 0.161. The third-order valence-electron chi connectivity index (χ3n) is 13.8. The van der Waals surface area contributed by atoms with Crippen LogP contribution in [0.4, 0.5) is 0 Å². The topological polar surface area (TPSA) is 18.5 Å². The average molecular weight is 857 g/mol. The Morgan fingerprint density at radius 1 is 0.339 bits per heavy atom. The molecule has 0 atom stereocenters. The van der Waals surface area contributed by atoms with Gasteiger partial charge in [0.1, 0.15) is 23.0 Å². The Bertz CT molecular complexity index is 2430. The Labute approximate surface area is 375 Å².